The van der Waals surface area contributed by atoms with Crippen LogP contribution in [0.15, 0.2) is 42.5 Å². The summed E-state index contributed by atoms with van der Waals surface area (Å²) in [7, 11) is 0. The normalized spacial score (nSPS) is 29.2. The van der Waals surface area contributed by atoms with Gasteiger partial charge in [0.1, 0.15) is 5.54 Å². The third-order valence-corrected chi connectivity index (χ3v) is 6.12. The molecule has 2 fully saturated rings. The zero-order valence-corrected chi connectivity index (χ0v) is 13.6. The van der Waals surface area contributed by atoms with E-state index in [2.05, 4.69) is 41.7 Å². The summed E-state index contributed by atoms with van der Waals surface area (Å²) in [5, 5.41) is 14.9. The summed E-state index contributed by atoms with van der Waals surface area (Å²) in [5.74, 6) is 2.03. The van der Waals surface area contributed by atoms with Crippen molar-refractivity contribution >= 4 is 28.4 Å². The number of benzene rings is 2. The highest BCUT2D eigenvalue weighted by molar-refractivity contribution is 7.99. The van der Waals surface area contributed by atoms with Crippen LogP contribution in [0, 0.1) is 17.2 Å². The molecule has 116 valence electrons. The lowest BCUT2D eigenvalue weighted by Gasteiger charge is -2.21. The number of nitrogens with one attached hydrogen (secondary N) is 1. The van der Waals surface area contributed by atoms with E-state index in [1.54, 1.807) is 11.8 Å². The number of amides is 1. The van der Waals surface area contributed by atoms with E-state index in [0.717, 1.165) is 18.6 Å². The van der Waals surface area contributed by atoms with Gasteiger partial charge in [-0.15, -0.1) is 0 Å². The number of carbonyl (C=O) groups is 1. The Hall–Kier alpha value is -1.99. The maximum Gasteiger partial charge on any atom is 0.225 e. The van der Waals surface area contributed by atoms with Crippen LogP contribution in [0.25, 0.3) is 10.8 Å². The third-order valence-electron chi connectivity index (χ3n) is 4.93. The molecule has 1 aliphatic carbocycles. The monoisotopic (exact) mass is 322 g/mol. The molecule has 1 saturated heterocycles. The minimum Gasteiger partial charge on any atom is -0.337 e. The van der Waals surface area contributed by atoms with Crippen molar-refractivity contribution in [3.05, 3.63) is 48.0 Å². The maximum absolute atomic E-state index is 12.5. The molecule has 3 atom stereocenters. The molecule has 0 bridgehead atoms. The van der Waals surface area contributed by atoms with Crippen molar-refractivity contribution in [1.82, 2.24) is 5.32 Å². The Morgan fingerprint density at radius 2 is 2.09 bits per heavy atom. The van der Waals surface area contributed by atoms with Crippen molar-refractivity contribution in [1.29, 1.82) is 5.26 Å². The number of carbonyl (C=O) groups excluding carboxylic acids is 1. The number of rotatable bonds is 3. The van der Waals surface area contributed by atoms with Gasteiger partial charge in [0.15, 0.2) is 0 Å². The Balaban J connectivity index is 1.48. The van der Waals surface area contributed by atoms with Crippen LogP contribution in [0.4, 0.5) is 0 Å². The lowest BCUT2D eigenvalue weighted by Crippen LogP contribution is -2.48. The second-order valence-electron chi connectivity index (χ2n) is 6.54. The fourth-order valence-electron chi connectivity index (χ4n) is 3.40. The first kappa shape index (κ1) is 14.6. The summed E-state index contributed by atoms with van der Waals surface area (Å²) in [4.78, 5) is 12.5. The molecule has 23 heavy (non-hydrogen) atoms. The van der Waals surface area contributed by atoms with Crippen molar-refractivity contribution < 1.29 is 4.79 Å². The van der Waals surface area contributed by atoms with Crippen LogP contribution < -0.4 is 5.32 Å². The van der Waals surface area contributed by atoms with E-state index in [0.29, 0.717) is 11.7 Å². The molecule has 0 unspecified atom stereocenters. The van der Waals surface area contributed by atoms with E-state index in [1.807, 2.05) is 12.1 Å². The van der Waals surface area contributed by atoms with Crippen LogP contribution in [-0.2, 0) is 4.79 Å². The minimum absolute atomic E-state index is 0.0204. The Kier molecular flexibility index (Phi) is 3.54. The summed E-state index contributed by atoms with van der Waals surface area (Å²) >= 11 is 1.74. The number of hydrogen-bond acceptors (Lipinski definition) is 3. The first-order valence-electron chi connectivity index (χ1n) is 8.00. The lowest BCUT2D eigenvalue weighted by molar-refractivity contribution is -0.123. The van der Waals surface area contributed by atoms with Crippen LogP contribution in [0.1, 0.15) is 24.3 Å². The third kappa shape index (κ3) is 2.70. The van der Waals surface area contributed by atoms with E-state index in [1.165, 1.54) is 16.3 Å². The van der Waals surface area contributed by atoms with E-state index in [4.69, 9.17) is 0 Å². The molecule has 2 aliphatic rings. The van der Waals surface area contributed by atoms with Crippen molar-refractivity contribution in [3.63, 3.8) is 0 Å². The van der Waals surface area contributed by atoms with Gasteiger partial charge < -0.3 is 5.32 Å². The number of fused-ring (bicyclic) bond motifs is 1. The number of hydrogen-bond donors (Lipinski definition) is 1. The van der Waals surface area contributed by atoms with E-state index in [-0.39, 0.29) is 11.8 Å². The lowest BCUT2D eigenvalue weighted by atomic mass is 10.00. The van der Waals surface area contributed by atoms with Gasteiger partial charge in [-0.1, -0.05) is 42.5 Å². The molecule has 0 radical (unpaired) electrons. The Labute approximate surface area is 140 Å². The molecular formula is C19H18N2OS. The second-order valence-corrected chi connectivity index (χ2v) is 7.65. The molecule has 1 heterocycles. The standard InChI is InChI=1S/C19H18N2OS/c20-11-19(7-8-23-12-19)21-18(22)17-10-16(17)15-6-5-13-3-1-2-4-14(13)9-15/h1-6,9,16-17H,7-8,10,12H2,(H,21,22)/t16-,17+,19+/m0/s1. The summed E-state index contributed by atoms with van der Waals surface area (Å²) in [5.41, 5.74) is 0.591. The number of nitriles is 1. The maximum atomic E-state index is 12.5. The van der Waals surface area contributed by atoms with Gasteiger partial charge in [0.2, 0.25) is 5.91 Å². The molecule has 4 heteroatoms. The van der Waals surface area contributed by atoms with Gasteiger partial charge in [-0.05, 0) is 40.8 Å². The molecule has 1 N–H and O–H groups in total. The highest BCUT2D eigenvalue weighted by atomic mass is 32.2. The van der Waals surface area contributed by atoms with Gasteiger partial charge in [-0.25, -0.2) is 0 Å². The van der Waals surface area contributed by atoms with Crippen molar-refractivity contribution in [2.45, 2.75) is 24.3 Å². The molecule has 2 aromatic rings. The molecule has 1 amide bonds. The SMILES string of the molecule is N#C[C@]1(NC(=O)[C@@H]2C[C@H]2c2ccc3ccccc3c2)CCSC1. The van der Waals surface area contributed by atoms with Gasteiger partial charge in [0, 0.05) is 11.7 Å². The number of nitrogens with zero attached hydrogens (tertiary/aromatic N) is 1. The van der Waals surface area contributed by atoms with Gasteiger partial charge >= 0.3 is 0 Å². The number of thioether (sulfide) groups is 1. The molecule has 0 aromatic heterocycles. The molecular weight excluding hydrogens is 304 g/mol. The largest absolute Gasteiger partial charge is 0.337 e. The minimum atomic E-state index is -0.641. The first-order chi connectivity index (χ1) is 11.2. The van der Waals surface area contributed by atoms with Crippen LogP contribution in [0.5, 0.6) is 0 Å². The molecule has 3 nitrogen and oxygen atoms in total. The smallest absolute Gasteiger partial charge is 0.225 e. The van der Waals surface area contributed by atoms with Crippen molar-refractivity contribution in [3.8, 4) is 6.07 Å². The highest BCUT2D eigenvalue weighted by Gasteiger charge is 2.47. The van der Waals surface area contributed by atoms with E-state index in [9.17, 15) is 10.1 Å². The second kappa shape index (κ2) is 5.58. The fourth-order valence-corrected chi connectivity index (χ4v) is 4.67. The fraction of sp³-hybridized carbons (Fsp3) is 0.368. The van der Waals surface area contributed by atoms with Gasteiger partial charge in [0.25, 0.3) is 0 Å². The molecule has 0 spiro atoms. The summed E-state index contributed by atoms with van der Waals surface area (Å²) in [6, 6.07) is 17.1. The van der Waals surface area contributed by atoms with Crippen molar-refractivity contribution in [2.75, 3.05) is 11.5 Å². The molecule has 4 rings (SSSR count). The Morgan fingerprint density at radius 3 is 2.83 bits per heavy atom. The molecule has 1 saturated carbocycles. The quantitative estimate of drug-likeness (QED) is 0.941. The van der Waals surface area contributed by atoms with Crippen LogP contribution in [-0.4, -0.2) is 23.0 Å². The predicted octanol–water partition coefficient (Wildman–Crippen LogP) is 3.46. The Morgan fingerprint density at radius 1 is 1.26 bits per heavy atom. The van der Waals surface area contributed by atoms with E-state index >= 15 is 0 Å². The van der Waals surface area contributed by atoms with Crippen molar-refractivity contribution in [2.24, 2.45) is 5.92 Å². The summed E-state index contributed by atoms with van der Waals surface area (Å²) in [6.07, 6.45) is 1.64. The average Bonchev–Trinajstić information content (AvgIpc) is 3.27. The average molecular weight is 322 g/mol. The Bertz CT molecular complexity index is 804. The summed E-state index contributed by atoms with van der Waals surface area (Å²) < 4.78 is 0. The summed E-state index contributed by atoms with van der Waals surface area (Å²) in [6.45, 7) is 0. The first-order valence-corrected chi connectivity index (χ1v) is 9.16. The zero-order chi connectivity index (χ0) is 15.9. The molecule has 1 aliphatic heterocycles. The van der Waals surface area contributed by atoms with Gasteiger partial charge in [-0.2, -0.15) is 17.0 Å². The van der Waals surface area contributed by atoms with Gasteiger partial charge in [0.05, 0.1) is 6.07 Å². The topological polar surface area (TPSA) is 52.9 Å². The van der Waals surface area contributed by atoms with Crippen LogP contribution in [0.2, 0.25) is 0 Å². The predicted molar refractivity (Wildman–Crippen MR) is 93.2 cm³/mol. The van der Waals surface area contributed by atoms with Crippen LogP contribution in [0.3, 0.4) is 0 Å². The zero-order valence-electron chi connectivity index (χ0n) is 12.8. The van der Waals surface area contributed by atoms with Crippen LogP contribution >= 0.6 is 11.8 Å². The highest BCUT2D eigenvalue weighted by Crippen LogP contribution is 2.48. The van der Waals surface area contributed by atoms with E-state index < -0.39 is 5.54 Å². The molecule has 2 aromatic carbocycles. The van der Waals surface area contributed by atoms with Gasteiger partial charge in [-0.3, -0.25) is 4.79 Å².